The third kappa shape index (κ3) is 5.15. The Bertz CT molecular complexity index is 286. The molecule has 8 nitrogen and oxygen atoms in total. The van der Waals surface area contributed by atoms with Crippen LogP contribution in [0.15, 0.2) is 0 Å². The van der Waals surface area contributed by atoms with Crippen molar-refractivity contribution in [1.29, 1.82) is 5.41 Å². The number of carbonyl (C=O) groups is 1. The van der Waals surface area contributed by atoms with E-state index < -0.39 is 8.97 Å². The van der Waals surface area contributed by atoms with Gasteiger partial charge in [-0.25, -0.2) is 4.67 Å². The highest BCUT2D eigenvalue weighted by Gasteiger charge is 2.52. The molecule has 0 atom stereocenters. The molecule has 0 aliphatic carbocycles. The third-order valence-corrected chi connectivity index (χ3v) is 4.91. The Morgan fingerprint density at radius 2 is 1.58 bits per heavy atom. The lowest BCUT2D eigenvalue weighted by molar-refractivity contribution is -0.133. The number of carbonyl (C=O) groups excluding carboxylic acids is 1. The second-order valence-electron chi connectivity index (χ2n) is 3.43. The first-order valence-corrected chi connectivity index (χ1v) is 8.00. The van der Waals surface area contributed by atoms with Crippen LogP contribution in [0.5, 0.6) is 0 Å². The second-order valence-corrected chi connectivity index (χ2v) is 5.79. The Balaban J connectivity index is 5.39. The van der Waals surface area contributed by atoms with Crippen LogP contribution >= 0.6 is 0 Å². The average molecular weight is 292 g/mol. The van der Waals surface area contributed by atoms with E-state index in [-0.39, 0.29) is 18.3 Å². The van der Waals surface area contributed by atoms with E-state index in [4.69, 9.17) is 24.4 Å². The third-order valence-electron chi connectivity index (χ3n) is 2.04. The number of rotatable bonds is 8. The van der Waals surface area contributed by atoms with Crippen LogP contribution < -0.4 is 11.2 Å². The highest BCUT2D eigenvalue weighted by Crippen LogP contribution is 2.15. The summed E-state index contributed by atoms with van der Waals surface area (Å²) in [7, 11) is -3.42. The molecule has 0 heterocycles. The van der Waals surface area contributed by atoms with Crippen molar-refractivity contribution in [3.05, 3.63) is 0 Å². The Morgan fingerprint density at radius 1 is 1.16 bits per heavy atom. The maximum Gasteiger partial charge on any atom is 0.655 e. The highest BCUT2D eigenvalue weighted by molar-refractivity contribution is 6.60. The topological polar surface area (TPSA) is 110 Å². The second kappa shape index (κ2) is 8.86. The van der Waals surface area contributed by atoms with Crippen LogP contribution in [0.2, 0.25) is 0 Å². The van der Waals surface area contributed by atoms with Crippen LogP contribution in [0.1, 0.15) is 34.1 Å². The van der Waals surface area contributed by atoms with Crippen LogP contribution in [-0.4, -0.2) is 45.3 Å². The van der Waals surface area contributed by atoms with Crippen molar-refractivity contribution in [3.8, 4) is 0 Å². The number of nitrogens with one attached hydrogen (secondary N) is 2. The van der Waals surface area contributed by atoms with Gasteiger partial charge in [-0.05, 0) is 20.8 Å². The molecule has 0 aromatic carbocycles. The van der Waals surface area contributed by atoms with Crippen LogP contribution in [0, 0.1) is 5.41 Å². The van der Waals surface area contributed by atoms with Crippen molar-refractivity contribution in [2.24, 2.45) is 5.73 Å². The number of nitrogens with zero attached hydrogens (tertiary/aromatic N) is 1. The zero-order valence-electron chi connectivity index (χ0n) is 12.0. The smallest absolute Gasteiger partial charge is 0.369 e. The van der Waals surface area contributed by atoms with Gasteiger partial charge in [0.1, 0.15) is 0 Å². The molecule has 0 spiro atoms. The molecule has 0 aromatic heterocycles. The van der Waals surface area contributed by atoms with Crippen molar-refractivity contribution >= 4 is 20.8 Å². The van der Waals surface area contributed by atoms with Gasteiger partial charge in [0.05, 0.1) is 0 Å². The Kier molecular flexibility index (Phi) is 8.31. The minimum absolute atomic E-state index is 0.211. The maximum absolute atomic E-state index is 12.0. The minimum atomic E-state index is -3.42. The van der Waals surface area contributed by atoms with Gasteiger partial charge in [0.15, 0.2) is 0 Å². The summed E-state index contributed by atoms with van der Waals surface area (Å²) in [5, 5.41) is 7.30. The number of nitrogens with two attached hydrogens (primary N) is 1. The van der Waals surface area contributed by atoms with E-state index in [1.54, 1.807) is 27.7 Å². The SMILES string of the molecule is CCO[Si](OCC)(OCC)N(NC(=N)N)C(=O)CC. The van der Waals surface area contributed by atoms with Crippen LogP contribution in [0.4, 0.5) is 0 Å². The van der Waals surface area contributed by atoms with Gasteiger partial charge in [-0.15, -0.1) is 0 Å². The van der Waals surface area contributed by atoms with Gasteiger partial charge in [0.25, 0.3) is 0 Å². The molecule has 112 valence electrons. The average Bonchev–Trinajstić information content (AvgIpc) is 2.35. The minimum Gasteiger partial charge on any atom is -0.369 e. The van der Waals surface area contributed by atoms with Gasteiger partial charge >= 0.3 is 8.97 Å². The maximum atomic E-state index is 12.0. The molecule has 0 aliphatic rings. The van der Waals surface area contributed by atoms with Gasteiger partial charge in [-0.3, -0.25) is 15.6 Å². The Labute approximate surface area is 115 Å². The first-order chi connectivity index (χ1) is 8.97. The van der Waals surface area contributed by atoms with E-state index in [1.807, 2.05) is 0 Å². The lowest BCUT2D eigenvalue weighted by atomic mass is 10.5. The number of hydrogen-bond acceptors (Lipinski definition) is 5. The van der Waals surface area contributed by atoms with Crippen LogP contribution in [0.3, 0.4) is 0 Å². The summed E-state index contributed by atoms with van der Waals surface area (Å²) in [6.45, 7) is 7.99. The van der Waals surface area contributed by atoms with Gasteiger partial charge in [0, 0.05) is 26.2 Å². The van der Waals surface area contributed by atoms with E-state index in [0.717, 1.165) is 4.67 Å². The fourth-order valence-corrected chi connectivity index (χ4v) is 3.88. The summed E-state index contributed by atoms with van der Waals surface area (Å²) in [4.78, 5) is 12.0. The largest absolute Gasteiger partial charge is 0.655 e. The lowest BCUT2D eigenvalue weighted by Crippen LogP contribution is -2.69. The molecule has 0 radical (unpaired) electrons. The van der Waals surface area contributed by atoms with Gasteiger partial charge in [-0.2, -0.15) is 0 Å². The fourth-order valence-electron chi connectivity index (χ4n) is 1.43. The van der Waals surface area contributed by atoms with E-state index in [2.05, 4.69) is 5.43 Å². The zero-order chi connectivity index (χ0) is 14.9. The predicted molar refractivity (Wildman–Crippen MR) is 72.8 cm³/mol. The summed E-state index contributed by atoms with van der Waals surface area (Å²) >= 11 is 0. The van der Waals surface area contributed by atoms with Crippen LogP contribution in [0.25, 0.3) is 0 Å². The summed E-state index contributed by atoms with van der Waals surface area (Å²) < 4.78 is 17.8. The molecular formula is C10H24N4O4Si. The first kappa shape index (κ1) is 17.8. The Morgan fingerprint density at radius 3 is 1.84 bits per heavy atom. The highest BCUT2D eigenvalue weighted by atomic mass is 28.4. The summed E-state index contributed by atoms with van der Waals surface area (Å²) in [5.74, 6) is -0.685. The summed E-state index contributed by atoms with van der Waals surface area (Å²) in [6.07, 6.45) is 0.211. The monoisotopic (exact) mass is 292 g/mol. The molecule has 19 heavy (non-hydrogen) atoms. The van der Waals surface area contributed by atoms with Crippen molar-refractivity contribution in [1.82, 2.24) is 10.1 Å². The summed E-state index contributed by atoms with van der Waals surface area (Å²) in [6, 6.07) is 0. The van der Waals surface area contributed by atoms with Gasteiger partial charge < -0.3 is 19.0 Å². The first-order valence-electron chi connectivity index (χ1n) is 6.32. The molecule has 0 rings (SSSR count). The predicted octanol–water partition coefficient (Wildman–Crippen LogP) is 0.168. The molecular weight excluding hydrogens is 268 g/mol. The molecule has 9 heteroatoms. The molecule has 0 aliphatic heterocycles. The number of hydrazine groups is 1. The quantitative estimate of drug-likeness (QED) is 0.254. The molecule has 0 saturated heterocycles. The number of hydrogen-bond donors (Lipinski definition) is 3. The van der Waals surface area contributed by atoms with Crippen molar-refractivity contribution in [3.63, 3.8) is 0 Å². The number of amides is 1. The van der Waals surface area contributed by atoms with E-state index in [1.165, 1.54) is 0 Å². The Hall–Kier alpha value is -1.16. The summed E-state index contributed by atoms with van der Waals surface area (Å²) in [5.41, 5.74) is 7.76. The number of guanidine groups is 1. The van der Waals surface area contributed by atoms with Gasteiger partial charge in [0.2, 0.25) is 11.9 Å². The molecule has 0 saturated carbocycles. The molecule has 0 unspecified atom stereocenters. The molecule has 0 fully saturated rings. The molecule has 0 bridgehead atoms. The zero-order valence-corrected chi connectivity index (χ0v) is 13.0. The van der Waals surface area contributed by atoms with Gasteiger partial charge in [-0.1, -0.05) is 6.92 Å². The lowest BCUT2D eigenvalue weighted by Gasteiger charge is -2.36. The molecule has 1 amide bonds. The van der Waals surface area contributed by atoms with E-state index in [9.17, 15) is 4.79 Å². The van der Waals surface area contributed by atoms with E-state index in [0.29, 0.717) is 19.8 Å². The van der Waals surface area contributed by atoms with Crippen molar-refractivity contribution in [2.45, 2.75) is 34.1 Å². The van der Waals surface area contributed by atoms with E-state index >= 15 is 0 Å². The van der Waals surface area contributed by atoms with Crippen LogP contribution in [-0.2, 0) is 18.1 Å². The van der Waals surface area contributed by atoms with Crippen molar-refractivity contribution in [2.75, 3.05) is 19.8 Å². The fraction of sp³-hybridized carbons (Fsp3) is 0.800. The molecule has 4 N–H and O–H groups in total. The molecule has 0 aromatic rings. The standard InChI is InChI=1S/C10H24N4O4Si/c1-5-9(15)14(13-10(11)12)19(16-6-2,17-7-3)18-8-4/h5-8H2,1-4H3,(H4,11,12,13). The van der Waals surface area contributed by atoms with Crippen molar-refractivity contribution < 1.29 is 18.1 Å². The normalized spacial score (nSPS) is 11.2.